The molecule has 1 amide bonds. The lowest BCUT2D eigenvalue weighted by atomic mass is 10.1. The molecule has 2 aliphatic rings. The van der Waals surface area contributed by atoms with Crippen molar-refractivity contribution in [3.05, 3.63) is 18.0 Å². The number of aliphatic hydroxyl groups excluding tert-OH is 1. The van der Waals surface area contributed by atoms with Crippen molar-refractivity contribution in [3.63, 3.8) is 0 Å². The monoisotopic (exact) mass is 307 g/mol. The summed E-state index contributed by atoms with van der Waals surface area (Å²) < 4.78 is 1.93. The zero-order valence-corrected chi connectivity index (χ0v) is 12.9. The Bertz CT molecular complexity index is 490. The van der Waals surface area contributed by atoms with Crippen LogP contribution in [-0.2, 0) is 0 Å². The van der Waals surface area contributed by atoms with Crippen molar-refractivity contribution in [3.8, 4) is 0 Å². The van der Waals surface area contributed by atoms with Crippen LogP contribution < -0.4 is 5.32 Å². The summed E-state index contributed by atoms with van der Waals surface area (Å²) in [6.45, 7) is 5.91. The molecule has 1 aromatic heterocycles. The number of carbonyl (C=O) groups excluding carboxylic acids is 1. The number of piperazine rings is 1. The van der Waals surface area contributed by atoms with Gasteiger partial charge in [0.25, 0.3) is 5.91 Å². The van der Waals surface area contributed by atoms with Gasteiger partial charge in [-0.25, -0.2) is 0 Å². The number of nitrogens with zero attached hydrogens (tertiary/aromatic N) is 4. The number of carbonyl (C=O) groups is 1. The Morgan fingerprint density at radius 2 is 2.18 bits per heavy atom. The van der Waals surface area contributed by atoms with E-state index >= 15 is 0 Å². The molecule has 1 unspecified atom stereocenters. The minimum absolute atomic E-state index is 0.0196. The van der Waals surface area contributed by atoms with Crippen molar-refractivity contribution < 1.29 is 9.90 Å². The van der Waals surface area contributed by atoms with Gasteiger partial charge in [0.05, 0.1) is 12.6 Å². The van der Waals surface area contributed by atoms with Crippen molar-refractivity contribution in [1.82, 2.24) is 24.9 Å². The average molecular weight is 307 g/mol. The van der Waals surface area contributed by atoms with Gasteiger partial charge in [-0.1, -0.05) is 0 Å². The van der Waals surface area contributed by atoms with E-state index in [1.165, 1.54) is 0 Å². The molecule has 3 rings (SSSR count). The van der Waals surface area contributed by atoms with E-state index in [-0.39, 0.29) is 12.5 Å². The highest BCUT2D eigenvalue weighted by Gasteiger charge is 2.24. The summed E-state index contributed by atoms with van der Waals surface area (Å²) in [5, 5.41) is 16.8. The van der Waals surface area contributed by atoms with Gasteiger partial charge in [0.15, 0.2) is 0 Å². The molecule has 22 heavy (non-hydrogen) atoms. The smallest absolute Gasteiger partial charge is 0.274 e. The van der Waals surface area contributed by atoms with Gasteiger partial charge in [-0.3, -0.25) is 14.4 Å². The molecule has 2 N–H and O–H groups in total. The molecule has 122 valence electrons. The van der Waals surface area contributed by atoms with Crippen LogP contribution in [0.4, 0.5) is 0 Å². The minimum atomic E-state index is 0.0196. The van der Waals surface area contributed by atoms with Crippen LogP contribution in [0.3, 0.4) is 0 Å². The van der Waals surface area contributed by atoms with E-state index in [4.69, 9.17) is 5.11 Å². The number of β-amino-alcohol motifs (C(OH)–C–C–N with tert-alkyl or cyclic N) is 1. The number of rotatable bonds is 4. The molecule has 0 aliphatic carbocycles. The number of piperidine rings is 1. The maximum Gasteiger partial charge on any atom is 0.274 e. The Balaban J connectivity index is 1.57. The number of nitrogens with one attached hydrogen (secondary N) is 1. The van der Waals surface area contributed by atoms with Gasteiger partial charge in [-0.05, 0) is 25.5 Å². The lowest BCUT2D eigenvalue weighted by Crippen LogP contribution is -2.49. The van der Waals surface area contributed by atoms with Gasteiger partial charge in [0.2, 0.25) is 0 Å². The van der Waals surface area contributed by atoms with E-state index in [0.717, 1.165) is 39.0 Å². The average Bonchev–Trinajstić information content (AvgIpc) is 3.06. The molecule has 2 aliphatic heterocycles. The molecule has 7 nitrogen and oxygen atoms in total. The fraction of sp³-hybridized carbons (Fsp3) is 0.733. The van der Waals surface area contributed by atoms with E-state index in [0.29, 0.717) is 31.4 Å². The molecule has 0 radical (unpaired) electrons. The highest BCUT2D eigenvalue weighted by atomic mass is 16.3. The summed E-state index contributed by atoms with van der Waals surface area (Å²) in [6.07, 6.45) is 4.19. The van der Waals surface area contributed by atoms with Gasteiger partial charge in [0, 0.05) is 45.5 Å². The minimum Gasteiger partial charge on any atom is -0.395 e. The van der Waals surface area contributed by atoms with Crippen molar-refractivity contribution in [1.29, 1.82) is 0 Å². The second-order valence-electron chi connectivity index (χ2n) is 6.04. The summed E-state index contributed by atoms with van der Waals surface area (Å²) in [5.41, 5.74) is 0.543. The van der Waals surface area contributed by atoms with Crippen LogP contribution in [0, 0.1) is 0 Å². The van der Waals surface area contributed by atoms with Crippen LogP contribution in [0.1, 0.15) is 29.4 Å². The summed E-state index contributed by atoms with van der Waals surface area (Å²) in [4.78, 5) is 16.6. The first kappa shape index (κ1) is 15.5. The Morgan fingerprint density at radius 3 is 2.86 bits per heavy atom. The van der Waals surface area contributed by atoms with Crippen LogP contribution in [-0.4, -0.2) is 83.0 Å². The molecule has 0 spiro atoms. The number of aromatic nitrogens is 2. The Morgan fingerprint density at radius 1 is 1.36 bits per heavy atom. The fourth-order valence-electron chi connectivity index (χ4n) is 3.19. The van der Waals surface area contributed by atoms with Gasteiger partial charge < -0.3 is 15.3 Å². The predicted octanol–water partition coefficient (Wildman–Crippen LogP) is -0.442. The first-order valence-electron chi connectivity index (χ1n) is 8.16. The van der Waals surface area contributed by atoms with Crippen molar-refractivity contribution >= 4 is 5.91 Å². The van der Waals surface area contributed by atoms with E-state index < -0.39 is 0 Å². The number of aliphatic hydroxyl groups is 1. The molecule has 1 atom stereocenters. The molecule has 0 bridgehead atoms. The largest absolute Gasteiger partial charge is 0.395 e. The summed E-state index contributed by atoms with van der Waals surface area (Å²) in [5.74, 6) is 0.0196. The molecule has 0 aromatic carbocycles. The Hall–Kier alpha value is -1.44. The lowest BCUT2D eigenvalue weighted by Gasteiger charge is -2.34. The second-order valence-corrected chi connectivity index (χ2v) is 6.04. The van der Waals surface area contributed by atoms with Crippen molar-refractivity contribution in [2.75, 3.05) is 52.4 Å². The first-order chi connectivity index (χ1) is 10.8. The predicted molar refractivity (Wildman–Crippen MR) is 82.8 cm³/mol. The normalized spacial score (nSPS) is 23.7. The van der Waals surface area contributed by atoms with Crippen LogP contribution >= 0.6 is 0 Å². The first-order valence-corrected chi connectivity index (χ1v) is 8.16. The molecule has 2 fully saturated rings. The van der Waals surface area contributed by atoms with Gasteiger partial charge in [0.1, 0.15) is 5.69 Å². The maximum atomic E-state index is 12.5. The fourth-order valence-corrected chi connectivity index (χ4v) is 3.19. The molecule has 7 heteroatoms. The molecule has 3 heterocycles. The van der Waals surface area contributed by atoms with E-state index in [2.05, 4.69) is 15.3 Å². The third-order valence-corrected chi connectivity index (χ3v) is 4.55. The molecular weight excluding hydrogens is 282 g/mol. The maximum absolute atomic E-state index is 12.5. The third kappa shape index (κ3) is 3.48. The van der Waals surface area contributed by atoms with Crippen LogP contribution in [0.5, 0.6) is 0 Å². The highest BCUT2D eigenvalue weighted by Crippen LogP contribution is 2.16. The van der Waals surface area contributed by atoms with Crippen molar-refractivity contribution in [2.24, 2.45) is 0 Å². The van der Waals surface area contributed by atoms with Gasteiger partial charge in [-0.2, -0.15) is 5.10 Å². The molecule has 0 saturated carbocycles. The molecule has 1 aromatic rings. The Kier molecular flexibility index (Phi) is 5.07. The Labute approximate surface area is 130 Å². The highest BCUT2D eigenvalue weighted by molar-refractivity contribution is 5.92. The second kappa shape index (κ2) is 7.21. The topological polar surface area (TPSA) is 73.6 Å². The number of hydrogen-bond donors (Lipinski definition) is 2. The summed E-state index contributed by atoms with van der Waals surface area (Å²) in [6, 6.07) is 2.19. The van der Waals surface area contributed by atoms with Crippen LogP contribution in [0.2, 0.25) is 0 Å². The standard InChI is InChI=1S/C15H25N5O2/c21-11-10-18-6-8-19(9-7-18)15(22)14-3-5-20(17-14)13-2-1-4-16-12-13/h3,5,13,16,21H,1-2,4,6-12H2. The van der Waals surface area contributed by atoms with Crippen LogP contribution in [0.25, 0.3) is 0 Å². The SMILES string of the molecule is O=C(c1ccn(C2CCCNC2)n1)N1CCN(CCO)CC1. The summed E-state index contributed by atoms with van der Waals surface area (Å²) in [7, 11) is 0. The van der Waals surface area contributed by atoms with E-state index in [1.54, 1.807) is 0 Å². The zero-order valence-electron chi connectivity index (χ0n) is 12.9. The van der Waals surface area contributed by atoms with Crippen LogP contribution in [0.15, 0.2) is 12.3 Å². The van der Waals surface area contributed by atoms with Crippen molar-refractivity contribution in [2.45, 2.75) is 18.9 Å². The summed E-state index contributed by atoms with van der Waals surface area (Å²) >= 11 is 0. The molecular formula is C15H25N5O2. The lowest BCUT2D eigenvalue weighted by molar-refractivity contribution is 0.0608. The third-order valence-electron chi connectivity index (χ3n) is 4.55. The number of hydrogen-bond acceptors (Lipinski definition) is 5. The van der Waals surface area contributed by atoms with Gasteiger partial charge >= 0.3 is 0 Å². The van der Waals surface area contributed by atoms with Gasteiger partial charge in [-0.15, -0.1) is 0 Å². The molecule has 2 saturated heterocycles. The number of amides is 1. The van der Waals surface area contributed by atoms with E-state index in [9.17, 15) is 4.79 Å². The zero-order chi connectivity index (χ0) is 15.4. The quantitative estimate of drug-likeness (QED) is 0.789. The van der Waals surface area contributed by atoms with E-state index in [1.807, 2.05) is 21.8 Å².